The standard InChI is InChI=1S/C26H19BrClNO5S/c1-15-3-7-18(8-4-15)25(31)34-23-20(28)11-17(12-21(23)33-2)13-22-24(30)29(26(32)35-22)14-16-5-9-19(27)10-6-16/h3-13H,14H2,1-2H3/b22-13-. The number of hydrogen-bond donors (Lipinski definition) is 0. The fourth-order valence-corrected chi connectivity index (χ4v) is 4.68. The third-order valence-corrected chi connectivity index (χ3v) is 6.88. The quantitative estimate of drug-likeness (QED) is 0.182. The molecule has 0 saturated carbocycles. The third-order valence-electron chi connectivity index (χ3n) is 5.16. The molecule has 0 radical (unpaired) electrons. The highest BCUT2D eigenvalue weighted by Gasteiger charge is 2.35. The van der Waals surface area contributed by atoms with Crippen LogP contribution < -0.4 is 9.47 Å². The van der Waals surface area contributed by atoms with Crippen molar-refractivity contribution in [2.75, 3.05) is 7.11 Å². The highest BCUT2D eigenvalue weighted by molar-refractivity contribution is 9.10. The Labute approximate surface area is 220 Å². The van der Waals surface area contributed by atoms with Gasteiger partial charge in [0.1, 0.15) is 0 Å². The Balaban J connectivity index is 1.55. The number of benzene rings is 3. The molecule has 1 fully saturated rings. The predicted molar refractivity (Wildman–Crippen MR) is 140 cm³/mol. The van der Waals surface area contributed by atoms with Crippen molar-refractivity contribution in [1.29, 1.82) is 0 Å². The number of esters is 1. The van der Waals surface area contributed by atoms with Gasteiger partial charge in [-0.15, -0.1) is 0 Å². The Bertz CT molecular complexity index is 1340. The maximum absolute atomic E-state index is 12.9. The lowest BCUT2D eigenvalue weighted by atomic mass is 10.1. The number of methoxy groups -OCH3 is 1. The van der Waals surface area contributed by atoms with Crippen molar-refractivity contribution in [1.82, 2.24) is 4.90 Å². The van der Waals surface area contributed by atoms with Crippen LogP contribution in [0, 0.1) is 6.92 Å². The monoisotopic (exact) mass is 571 g/mol. The molecule has 1 aliphatic rings. The molecular formula is C26H19BrClNO5S. The van der Waals surface area contributed by atoms with Gasteiger partial charge in [0, 0.05) is 4.47 Å². The molecule has 0 unspecified atom stereocenters. The van der Waals surface area contributed by atoms with Crippen LogP contribution in [0.25, 0.3) is 6.08 Å². The molecule has 0 aromatic heterocycles. The topological polar surface area (TPSA) is 72.9 Å². The summed E-state index contributed by atoms with van der Waals surface area (Å²) < 4.78 is 11.8. The summed E-state index contributed by atoms with van der Waals surface area (Å²) in [7, 11) is 1.42. The summed E-state index contributed by atoms with van der Waals surface area (Å²) >= 11 is 10.6. The SMILES string of the molecule is COc1cc(/C=C2\SC(=O)N(Cc3ccc(Br)cc3)C2=O)cc(Cl)c1OC(=O)c1ccc(C)cc1. The second kappa shape index (κ2) is 10.7. The molecule has 0 bridgehead atoms. The highest BCUT2D eigenvalue weighted by Crippen LogP contribution is 2.39. The number of hydrogen-bond acceptors (Lipinski definition) is 6. The van der Waals surface area contributed by atoms with Crippen molar-refractivity contribution in [3.05, 3.63) is 97.3 Å². The van der Waals surface area contributed by atoms with E-state index >= 15 is 0 Å². The van der Waals surface area contributed by atoms with Crippen LogP contribution in [0.2, 0.25) is 5.02 Å². The molecule has 6 nitrogen and oxygen atoms in total. The average molecular weight is 573 g/mol. The maximum Gasteiger partial charge on any atom is 0.343 e. The van der Waals surface area contributed by atoms with E-state index in [9.17, 15) is 14.4 Å². The van der Waals surface area contributed by atoms with Gasteiger partial charge >= 0.3 is 5.97 Å². The van der Waals surface area contributed by atoms with Gasteiger partial charge in [0.2, 0.25) is 0 Å². The lowest BCUT2D eigenvalue weighted by Crippen LogP contribution is -2.27. The van der Waals surface area contributed by atoms with E-state index in [-0.39, 0.29) is 33.2 Å². The van der Waals surface area contributed by atoms with Gasteiger partial charge in [0.25, 0.3) is 11.1 Å². The average Bonchev–Trinajstić information content (AvgIpc) is 3.09. The summed E-state index contributed by atoms with van der Waals surface area (Å²) in [6.07, 6.45) is 1.56. The number of nitrogens with zero attached hydrogens (tertiary/aromatic N) is 1. The van der Waals surface area contributed by atoms with Crippen molar-refractivity contribution in [3.8, 4) is 11.5 Å². The molecule has 35 heavy (non-hydrogen) atoms. The van der Waals surface area contributed by atoms with Gasteiger partial charge in [-0.25, -0.2) is 4.79 Å². The van der Waals surface area contributed by atoms with Crippen LogP contribution in [0.5, 0.6) is 11.5 Å². The molecule has 2 amide bonds. The number of halogens is 2. The van der Waals surface area contributed by atoms with Gasteiger partial charge < -0.3 is 9.47 Å². The number of aryl methyl sites for hydroxylation is 1. The Morgan fingerprint density at radius 2 is 1.77 bits per heavy atom. The van der Waals surface area contributed by atoms with Gasteiger partial charge in [-0.2, -0.15) is 0 Å². The zero-order valence-electron chi connectivity index (χ0n) is 18.7. The molecule has 4 rings (SSSR count). The van der Waals surface area contributed by atoms with Crippen LogP contribution in [-0.4, -0.2) is 29.1 Å². The maximum atomic E-state index is 12.9. The molecule has 3 aromatic rings. The summed E-state index contributed by atoms with van der Waals surface area (Å²) in [5, 5.41) is -0.226. The van der Waals surface area contributed by atoms with Crippen molar-refractivity contribution >= 4 is 62.5 Å². The lowest BCUT2D eigenvalue weighted by Gasteiger charge is -2.13. The summed E-state index contributed by atoms with van der Waals surface area (Å²) in [5.41, 5.74) is 2.75. The van der Waals surface area contributed by atoms with Gasteiger partial charge in [0.05, 0.1) is 29.1 Å². The predicted octanol–water partition coefficient (Wildman–Crippen LogP) is 6.88. The minimum atomic E-state index is -0.577. The van der Waals surface area contributed by atoms with Gasteiger partial charge in [-0.3, -0.25) is 14.5 Å². The molecule has 1 heterocycles. The van der Waals surface area contributed by atoms with Crippen LogP contribution in [-0.2, 0) is 11.3 Å². The van der Waals surface area contributed by atoms with Crippen molar-refractivity contribution < 1.29 is 23.9 Å². The molecule has 178 valence electrons. The van der Waals surface area contributed by atoms with Crippen LogP contribution in [0.1, 0.15) is 27.0 Å². The summed E-state index contributed by atoms with van der Waals surface area (Å²) in [6.45, 7) is 2.09. The van der Waals surface area contributed by atoms with Crippen LogP contribution in [0.4, 0.5) is 4.79 Å². The molecule has 1 saturated heterocycles. The molecule has 0 spiro atoms. The Morgan fingerprint density at radius 1 is 1.09 bits per heavy atom. The number of amides is 2. The van der Waals surface area contributed by atoms with Crippen molar-refractivity contribution in [2.45, 2.75) is 13.5 Å². The van der Waals surface area contributed by atoms with Gasteiger partial charge in [0.15, 0.2) is 11.5 Å². The minimum absolute atomic E-state index is 0.0697. The van der Waals surface area contributed by atoms with Gasteiger partial charge in [-0.05, 0) is 72.3 Å². The minimum Gasteiger partial charge on any atom is -0.493 e. The zero-order chi connectivity index (χ0) is 25.1. The third kappa shape index (κ3) is 5.78. The normalized spacial score (nSPS) is 14.5. The Hall–Kier alpha value is -3.07. The van der Waals surface area contributed by atoms with E-state index in [1.54, 1.807) is 30.3 Å². The molecule has 3 aromatic carbocycles. The molecule has 0 aliphatic carbocycles. The van der Waals surface area contributed by atoms with E-state index in [2.05, 4.69) is 15.9 Å². The van der Waals surface area contributed by atoms with Gasteiger partial charge in [-0.1, -0.05) is 57.4 Å². The molecule has 0 N–H and O–H groups in total. The highest BCUT2D eigenvalue weighted by atomic mass is 79.9. The first-order chi connectivity index (χ1) is 16.7. The van der Waals surface area contributed by atoms with E-state index in [0.717, 1.165) is 27.4 Å². The van der Waals surface area contributed by atoms with E-state index in [4.69, 9.17) is 21.1 Å². The fourth-order valence-electron chi connectivity index (χ4n) is 3.32. The Kier molecular flexibility index (Phi) is 7.64. The number of carbonyl (C=O) groups is 3. The number of thioether (sulfide) groups is 1. The number of carbonyl (C=O) groups excluding carboxylic acids is 3. The van der Waals surface area contributed by atoms with Crippen molar-refractivity contribution in [3.63, 3.8) is 0 Å². The summed E-state index contributed by atoms with van der Waals surface area (Å²) in [5.74, 6) is -0.682. The molecule has 0 atom stereocenters. The molecular weight excluding hydrogens is 554 g/mol. The zero-order valence-corrected chi connectivity index (χ0v) is 21.9. The molecule has 9 heteroatoms. The van der Waals surface area contributed by atoms with E-state index in [1.807, 2.05) is 43.3 Å². The summed E-state index contributed by atoms with van der Waals surface area (Å²) in [6, 6.07) is 17.5. The number of imide groups is 1. The second-order valence-corrected chi connectivity index (χ2v) is 10.0. The first-order valence-corrected chi connectivity index (χ1v) is 12.4. The first-order valence-electron chi connectivity index (χ1n) is 10.4. The van der Waals surface area contributed by atoms with Crippen LogP contribution in [0.3, 0.4) is 0 Å². The van der Waals surface area contributed by atoms with E-state index < -0.39 is 11.9 Å². The number of ether oxygens (including phenoxy) is 2. The van der Waals surface area contributed by atoms with Crippen molar-refractivity contribution in [2.24, 2.45) is 0 Å². The fraction of sp³-hybridized carbons (Fsp3) is 0.115. The van der Waals surface area contributed by atoms with E-state index in [1.165, 1.54) is 12.0 Å². The van der Waals surface area contributed by atoms with Crippen LogP contribution in [0.15, 0.2) is 70.0 Å². The Morgan fingerprint density at radius 3 is 2.43 bits per heavy atom. The second-order valence-electron chi connectivity index (χ2n) is 7.68. The largest absolute Gasteiger partial charge is 0.493 e. The smallest absolute Gasteiger partial charge is 0.343 e. The van der Waals surface area contributed by atoms with Crippen LogP contribution >= 0.6 is 39.3 Å². The first kappa shape index (κ1) is 25.0. The number of rotatable bonds is 6. The summed E-state index contributed by atoms with van der Waals surface area (Å²) in [4.78, 5) is 39.4. The van der Waals surface area contributed by atoms with E-state index in [0.29, 0.717) is 11.1 Å². The molecule has 1 aliphatic heterocycles. The lowest BCUT2D eigenvalue weighted by molar-refractivity contribution is -0.123.